The Bertz CT molecular complexity index is 797. The van der Waals surface area contributed by atoms with E-state index in [1.54, 1.807) is 0 Å². The largest absolute Gasteiger partial charge is 0.394 e. The number of unbranched alkanes of at least 4 members (excludes halogenated alkanes) is 24. The highest BCUT2D eigenvalue weighted by Crippen LogP contribution is 2.15. The van der Waals surface area contributed by atoms with Crippen molar-refractivity contribution in [1.29, 1.82) is 0 Å². The molecule has 0 aliphatic rings. The summed E-state index contributed by atoms with van der Waals surface area (Å²) in [7, 11) is 0. The zero-order valence-corrected chi connectivity index (χ0v) is 32.9. The van der Waals surface area contributed by atoms with Gasteiger partial charge in [0.15, 0.2) is 0 Å². The van der Waals surface area contributed by atoms with Crippen LogP contribution >= 0.6 is 0 Å². The second-order valence-corrected chi connectivity index (χ2v) is 14.7. The maximum atomic E-state index is 12.5. The van der Waals surface area contributed by atoms with Gasteiger partial charge in [0.05, 0.1) is 18.8 Å². The van der Waals surface area contributed by atoms with Gasteiger partial charge in [-0.2, -0.15) is 0 Å². The molecule has 1 amide bonds. The summed E-state index contributed by atoms with van der Waals surface area (Å²) >= 11 is 0. The van der Waals surface area contributed by atoms with Crippen molar-refractivity contribution in [2.45, 2.75) is 231 Å². The molecule has 0 bridgehead atoms. The number of amides is 1. The molecular formula is C44H83NO5. The summed E-state index contributed by atoms with van der Waals surface area (Å²) in [6.07, 6.45) is 44.5. The third kappa shape index (κ3) is 32.4. The average molecular weight is 706 g/mol. The van der Waals surface area contributed by atoms with Crippen LogP contribution in [0.25, 0.3) is 0 Å². The fourth-order valence-corrected chi connectivity index (χ4v) is 6.39. The van der Waals surface area contributed by atoms with Crippen LogP contribution in [0.1, 0.15) is 206 Å². The van der Waals surface area contributed by atoms with Gasteiger partial charge < -0.3 is 25.7 Å². The third-order valence-electron chi connectivity index (χ3n) is 9.85. The lowest BCUT2D eigenvalue weighted by molar-refractivity contribution is -0.132. The van der Waals surface area contributed by atoms with Crippen LogP contribution in [-0.2, 0) is 4.79 Å². The molecule has 0 radical (unpaired) electrons. The SMILES string of the molecule is CCCCC/C=C\C=C/CCCCCCCCCCCC(O)C(=O)NC(CO)C(O)C(O)CCC/C=C/CCCCCCCCCCCCC. The van der Waals surface area contributed by atoms with E-state index in [2.05, 4.69) is 55.6 Å². The summed E-state index contributed by atoms with van der Waals surface area (Å²) < 4.78 is 0. The monoisotopic (exact) mass is 706 g/mol. The molecule has 4 unspecified atom stereocenters. The van der Waals surface area contributed by atoms with Crippen molar-refractivity contribution < 1.29 is 25.2 Å². The average Bonchev–Trinajstić information content (AvgIpc) is 3.12. The maximum Gasteiger partial charge on any atom is 0.249 e. The van der Waals surface area contributed by atoms with E-state index >= 15 is 0 Å². The minimum absolute atomic E-state index is 0.357. The summed E-state index contributed by atoms with van der Waals surface area (Å²) in [4.78, 5) is 12.5. The Morgan fingerprint density at radius 2 is 0.880 bits per heavy atom. The molecule has 0 aliphatic carbocycles. The molecule has 294 valence electrons. The molecule has 0 spiro atoms. The Morgan fingerprint density at radius 1 is 0.500 bits per heavy atom. The molecular weight excluding hydrogens is 622 g/mol. The third-order valence-corrected chi connectivity index (χ3v) is 9.85. The number of hydrogen-bond donors (Lipinski definition) is 5. The lowest BCUT2D eigenvalue weighted by Gasteiger charge is -2.27. The highest BCUT2D eigenvalue weighted by atomic mass is 16.3. The molecule has 0 aromatic carbocycles. The molecule has 0 aromatic heterocycles. The van der Waals surface area contributed by atoms with Crippen molar-refractivity contribution in [3.63, 3.8) is 0 Å². The van der Waals surface area contributed by atoms with Crippen molar-refractivity contribution in [3.8, 4) is 0 Å². The molecule has 50 heavy (non-hydrogen) atoms. The van der Waals surface area contributed by atoms with Crippen molar-refractivity contribution in [2.24, 2.45) is 0 Å². The van der Waals surface area contributed by atoms with Gasteiger partial charge in [-0.1, -0.05) is 179 Å². The van der Waals surface area contributed by atoms with Crippen LogP contribution in [0.15, 0.2) is 36.5 Å². The predicted molar refractivity (Wildman–Crippen MR) is 214 cm³/mol. The number of carbonyl (C=O) groups is 1. The molecule has 4 atom stereocenters. The minimum atomic E-state index is -1.28. The van der Waals surface area contributed by atoms with Crippen LogP contribution in [0.3, 0.4) is 0 Å². The molecule has 0 saturated carbocycles. The molecule has 0 aromatic rings. The predicted octanol–water partition coefficient (Wildman–Crippen LogP) is 11.0. The molecule has 0 heterocycles. The van der Waals surface area contributed by atoms with Gasteiger partial charge in [-0.15, -0.1) is 0 Å². The van der Waals surface area contributed by atoms with Crippen LogP contribution in [0.4, 0.5) is 0 Å². The van der Waals surface area contributed by atoms with Crippen LogP contribution in [0.5, 0.6) is 0 Å². The van der Waals surface area contributed by atoms with Crippen LogP contribution in [0.2, 0.25) is 0 Å². The fourth-order valence-electron chi connectivity index (χ4n) is 6.39. The molecule has 0 rings (SSSR count). The zero-order valence-electron chi connectivity index (χ0n) is 32.9. The molecule has 0 saturated heterocycles. The number of aliphatic hydroxyl groups excluding tert-OH is 4. The van der Waals surface area contributed by atoms with E-state index in [1.807, 2.05) is 0 Å². The highest BCUT2D eigenvalue weighted by molar-refractivity contribution is 5.80. The molecule has 0 aliphatic heterocycles. The van der Waals surface area contributed by atoms with Gasteiger partial charge in [-0.05, 0) is 64.2 Å². The first-order valence-electron chi connectivity index (χ1n) is 21.4. The number of allylic oxidation sites excluding steroid dienone is 6. The van der Waals surface area contributed by atoms with Crippen LogP contribution < -0.4 is 5.32 Å². The van der Waals surface area contributed by atoms with Crippen molar-refractivity contribution in [2.75, 3.05) is 6.61 Å². The topological polar surface area (TPSA) is 110 Å². The van der Waals surface area contributed by atoms with E-state index in [9.17, 15) is 25.2 Å². The lowest BCUT2D eigenvalue weighted by atomic mass is 10.00. The van der Waals surface area contributed by atoms with Gasteiger partial charge in [0.1, 0.15) is 12.2 Å². The van der Waals surface area contributed by atoms with Gasteiger partial charge in [0.25, 0.3) is 0 Å². The number of aliphatic hydroxyl groups is 4. The fraction of sp³-hybridized carbons (Fsp3) is 0.841. The van der Waals surface area contributed by atoms with Gasteiger partial charge in [-0.3, -0.25) is 4.79 Å². The van der Waals surface area contributed by atoms with Crippen LogP contribution in [-0.4, -0.2) is 57.3 Å². The van der Waals surface area contributed by atoms with Gasteiger partial charge in [0, 0.05) is 0 Å². The normalized spacial score (nSPS) is 14.6. The van der Waals surface area contributed by atoms with E-state index in [-0.39, 0.29) is 0 Å². The van der Waals surface area contributed by atoms with E-state index in [0.29, 0.717) is 12.8 Å². The maximum absolute atomic E-state index is 12.5. The Labute approximate surface area is 309 Å². The molecule has 0 fully saturated rings. The van der Waals surface area contributed by atoms with E-state index in [4.69, 9.17) is 0 Å². The Kier molecular flexibility index (Phi) is 37.6. The second kappa shape index (κ2) is 38.8. The first-order valence-corrected chi connectivity index (χ1v) is 21.4. The minimum Gasteiger partial charge on any atom is -0.394 e. The van der Waals surface area contributed by atoms with E-state index in [0.717, 1.165) is 44.9 Å². The smallest absolute Gasteiger partial charge is 0.249 e. The number of nitrogens with one attached hydrogen (secondary N) is 1. The quantitative estimate of drug-likeness (QED) is 0.0249. The lowest BCUT2D eigenvalue weighted by Crippen LogP contribution is -2.53. The van der Waals surface area contributed by atoms with Gasteiger partial charge in [-0.25, -0.2) is 0 Å². The van der Waals surface area contributed by atoms with Gasteiger partial charge in [0.2, 0.25) is 5.91 Å². The summed E-state index contributed by atoms with van der Waals surface area (Å²) in [5, 5.41) is 43.6. The number of hydrogen-bond acceptors (Lipinski definition) is 5. The Morgan fingerprint density at radius 3 is 1.36 bits per heavy atom. The second-order valence-electron chi connectivity index (χ2n) is 14.7. The highest BCUT2D eigenvalue weighted by Gasteiger charge is 2.28. The van der Waals surface area contributed by atoms with Crippen LogP contribution in [0, 0.1) is 0 Å². The van der Waals surface area contributed by atoms with E-state index in [1.165, 1.54) is 135 Å². The first kappa shape index (κ1) is 48.5. The summed E-state index contributed by atoms with van der Waals surface area (Å²) in [5.41, 5.74) is 0. The number of carbonyl (C=O) groups excluding carboxylic acids is 1. The summed E-state index contributed by atoms with van der Waals surface area (Å²) in [5.74, 6) is -0.599. The standard InChI is InChI=1S/C44H83NO5/c1-3-5-7-9-11-13-15-17-19-21-22-24-26-28-30-32-34-36-38-42(48)44(50)45-40(39-46)43(49)41(47)37-35-33-31-29-27-25-23-20-18-16-14-12-10-8-6-4-2/h11,13,15,17,29,31,40-43,46-49H,3-10,12,14,16,18-28,30,32-39H2,1-2H3,(H,45,50)/b13-11-,17-15-,31-29+. The van der Waals surface area contributed by atoms with Gasteiger partial charge >= 0.3 is 0 Å². The molecule has 6 nitrogen and oxygen atoms in total. The summed E-state index contributed by atoms with van der Waals surface area (Å²) in [6, 6.07) is -1.00. The zero-order chi connectivity index (χ0) is 36.8. The van der Waals surface area contributed by atoms with Crippen molar-refractivity contribution in [1.82, 2.24) is 5.32 Å². The number of rotatable bonds is 38. The Hall–Kier alpha value is -1.47. The van der Waals surface area contributed by atoms with Crippen molar-refractivity contribution >= 4 is 5.91 Å². The van der Waals surface area contributed by atoms with E-state index < -0.39 is 36.9 Å². The first-order chi connectivity index (χ1) is 24.5. The summed E-state index contributed by atoms with van der Waals surface area (Å²) in [6.45, 7) is 4.00. The Balaban J connectivity index is 3.81. The molecule has 5 N–H and O–H groups in total. The van der Waals surface area contributed by atoms with Crippen molar-refractivity contribution in [3.05, 3.63) is 36.5 Å². The molecule has 6 heteroatoms.